The molecule has 1 amide bonds. The number of hydrogen-bond donors (Lipinski definition) is 1. The molecule has 3 rings (SSSR count). The summed E-state index contributed by atoms with van der Waals surface area (Å²) in [4.78, 5) is 24.9. The standard InChI is InChI=1S/C21H15ClN2O3S/c1-13(21(26)24-15-8-6-14(12-23)7-9-15)27-19(25)11-10-18-20(22)16-4-2-3-5-17(16)28-18/h2-11,13H,1H3,(H,24,26)/b11-10+/t13-/m1/s1. The number of ether oxygens (including phenoxy) is 1. The van der Waals surface area contributed by atoms with Crippen molar-refractivity contribution in [2.75, 3.05) is 5.32 Å². The average molecular weight is 411 g/mol. The monoisotopic (exact) mass is 410 g/mol. The zero-order chi connectivity index (χ0) is 20.1. The first kappa shape index (κ1) is 19.6. The Morgan fingerprint density at radius 2 is 1.93 bits per heavy atom. The molecule has 0 saturated carbocycles. The van der Waals surface area contributed by atoms with Gasteiger partial charge >= 0.3 is 5.97 Å². The van der Waals surface area contributed by atoms with Crippen LogP contribution in [0.15, 0.2) is 54.6 Å². The van der Waals surface area contributed by atoms with E-state index in [2.05, 4.69) is 5.32 Å². The van der Waals surface area contributed by atoms with E-state index < -0.39 is 18.0 Å². The van der Waals surface area contributed by atoms with Crippen molar-refractivity contribution >= 4 is 56.7 Å². The first-order valence-electron chi connectivity index (χ1n) is 8.34. The van der Waals surface area contributed by atoms with Gasteiger partial charge in [0, 0.05) is 26.7 Å². The summed E-state index contributed by atoms with van der Waals surface area (Å²) in [6.07, 6.45) is 1.86. The zero-order valence-corrected chi connectivity index (χ0v) is 16.4. The van der Waals surface area contributed by atoms with Gasteiger partial charge in [-0.1, -0.05) is 29.8 Å². The molecule has 140 valence electrons. The van der Waals surface area contributed by atoms with E-state index in [0.29, 0.717) is 16.3 Å². The van der Waals surface area contributed by atoms with Crippen molar-refractivity contribution in [1.29, 1.82) is 5.26 Å². The maximum absolute atomic E-state index is 12.2. The highest BCUT2D eigenvalue weighted by Gasteiger charge is 2.17. The quantitative estimate of drug-likeness (QED) is 0.473. The molecule has 0 saturated heterocycles. The molecular formula is C21H15ClN2O3S. The van der Waals surface area contributed by atoms with Gasteiger partial charge < -0.3 is 10.1 Å². The Labute approximate surface area is 170 Å². The van der Waals surface area contributed by atoms with E-state index in [-0.39, 0.29) is 0 Å². The number of nitrogens with zero attached hydrogens (tertiary/aromatic N) is 1. The van der Waals surface area contributed by atoms with E-state index >= 15 is 0 Å². The predicted octanol–water partition coefficient (Wildman–Crippen LogP) is 5.01. The van der Waals surface area contributed by atoms with E-state index in [1.54, 1.807) is 30.3 Å². The summed E-state index contributed by atoms with van der Waals surface area (Å²) in [6, 6.07) is 16.1. The Hall–Kier alpha value is -3.14. The van der Waals surface area contributed by atoms with Crippen LogP contribution in [0.25, 0.3) is 16.2 Å². The second-order valence-electron chi connectivity index (χ2n) is 5.87. The summed E-state index contributed by atoms with van der Waals surface area (Å²) in [7, 11) is 0. The molecule has 0 aliphatic heterocycles. The zero-order valence-electron chi connectivity index (χ0n) is 14.8. The first-order chi connectivity index (χ1) is 13.5. The van der Waals surface area contributed by atoms with Gasteiger partial charge in [0.1, 0.15) is 0 Å². The number of benzene rings is 2. The van der Waals surface area contributed by atoms with Gasteiger partial charge in [-0.25, -0.2) is 4.79 Å². The largest absolute Gasteiger partial charge is 0.449 e. The van der Waals surface area contributed by atoms with E-state index in [1.165, 1.54) is 24.3 Å². The van der Waals surface area contributed by atoms with E-state index in [9.17, 15) is 9.59 Å². The van der Waals surface area contributed by atoms with Crippen molar-refractivity contribution in [3.05, 3.63) is 70.1 Å². The van der Waals surface area contributed by atoms with Gasteiger partial charge in [0.2, 0.25) is 0 Å². The van der Waals surface area contributed by atoms with Crippen molar-refractivity contribution < 1.29 is 14.3 Å². The molecule has 7 heteroatoms. The summed E-state index contributed by atoms with van der Waals surface area (Å²) in [5.74, 6) is -1.11. The molecular weight excluding hydrogens is 396 g/mol. The van der Waals surface area contributed by atoms with Crippen LogP contribution in [0.4, 0.5) is 5.69 Å². The van der Waals surface area contributed by atoms with Gasteiger partial charge in [0.15, 0.2) is 6.10 Å². The number of hydrogen-bond acceptors (Lipinski definition) is 5. The fourth-order valence-corrected chi connectivity index (χ4v) is 3.82. The summed E-state index contributed by atoms with van der Waals surface area (Å²) in [5, 5.41) is 12.9. The van der Waals surface area contributed by atoms with Crippen LogP contribution >= 0.6 is 22.9 Å². The number of amides is 1. The normalized spacial score (nSPS) is 11.9. The number of rotatable bonds is 5. The number of nitriles is 1. The fourth-order valence-electron chi connectivity index (χ4n) is 2.42. The number of esters is 1. The average Bonchev–Trinajstić information content (AvgIpc) is 3.03. The molecule has 3 aromatic rings. The molecule has 0 aliphatic rings. The lowest BCUT2D eigenvalue weighted by Gasteiger charge is -2.12. The van der Waals surface area contributed by atoms with E-state index in [1.807, 2.05) is 30.3 Å². The lowest BCUT2D eigenvalue weighted by Crippen LogP contribution is -2.29. The highest BCUT2D eigenvalue weighted by molar-refractivity contribution is 7.20. The Bertz CT molecular complexity index is 1100. The second-order valence-corrected chi connectivity index (χ2v) is 7.33. The van der Waals surface area contributed by atoms with Gasteiger partial charge in [0.25, 0.3) is 5.91 Å². The van der Waals surface area contributed by atoms with Crippen LogP contribution in [0.1, 0.15) is 17.4 Å². The minimum Gasteiger partial charge on any atom is -0.449 e. The summed E-state index contributed by atoms with van der Waals surface area (Å²) in [5.41, 5.74) is 1.00. The molecule has 1 heterocycles. The summed E-state index contributed by atoms with van der Waals surface area (Å²) in [6.45, 7) is 1.48. The van der Waals surface area contributed by atoms with Crippen molar-refractivity contribution in [3.63, 3.8) is 0 Å². The number of carbonyl (C=O) groups is 2. The number of halogens is 1. The highest BCUT2D eigenvalue weighted by atomic mass is 35.5. The third-order valence-corrected chi connectivity index (χ3v) is 5.53. The molecule has 0 spiro atoms. The fraction of sp³-hybridized carbons (Fsp3) is 0.0952. The van der Waals surface area contributed by atoms with Crippen LogP contribution in [0.5, 0.6) is 0 Å². The maximum Gasteiger partial charge on any atom is 0.331 e. The predicted molar refractivity (Wildman–Crippen MR) is 111 cm³/mol. The molecule has 5 nitrogen and oxygen atoms in total. The number of thiophene rings is 1. The Balaban J connectivity index is 1.59. The SMILES string of the molecule is C[C@@H](OC(=O)/C=C/c1sc2ccccc2c1Cl)C(=O)Nc1ccc(C#N)cc1. The van der Waals surface area contributed by atoms with Gasteiger partial charge in [0.05, 0.1) is 16.7 Å². The maximum atomic E-state index is 12.2. The van der Waals surface area contributed by atoms with Crippen LogP contribution in [0.3, 0.4) is 0 Å². The van der Waals surface area contributed by atoms with Gasteiger partial charge in [-0.2, -0.15) is 5.26 Å². The number of carbonyl (C=O) groups excluding carboxylic acids is 2. The van der Waals surface area contributed by atoms with Crippen molar-refractivity contribution in [2.45, 2.75) is 13.0 Å². The number of anilines is 1. The molecule has 0 unspecified atom stereocenters. The Morgan fingerprint density at radius 1 is 1.21 bits per heavy atom. The lowest BCUT2D eigenvalue weighted by atomic mass is 10.2. The van der Waals surface area contributed by atoms with Crippen LogP contribution < -0.4 is 5.32 Å². The first-order valence-corrected chi connectivity index (χ1v) is 9.54. The van der Waals surface area contributed by atoms with Crippen LogP contribution in [-0.2, 0) is 14.3 Å². The topological polar surface area (TPSA) is 79.2 Å². The summed E-state index contributed by atoms with van der Waals surface area (Å²) >= 11 is 7.80. The van der Waals surface area contributed by atoms with Crippen LogP contribution in [0, 0.1) is 11.3 Å². The van der Waals surface area contributed by atoms with Crippen molar-refractivity contribution in [3.8, 4) is 6.07 Å². The number of fused-ring (bicyclic) bond motifs is 1. The molecule has 2 aromatic carbocycles. The summed E-state index contributed by atoms with van der Waals surface area (Å²) < 4.78 is 6.16. The Morgan fingerprint density at radius 3 is 2.61 bits per heavy atom. The van der Waals surface area contributed by atoms with Crippen LogP contribution in [-0.4, -0.2) is 18.0 Å². The van der Waals surface area contributed by atoms with Gasteiger partial charge in [-0.05, 0) is 43.3 Å². The highest BCUT2D eigenvalue weighted by Crippen LogP contribution is 2.35. The van der Waals surface area contributed by atoms with Gasteiger partial charge in [-0.15, -0.1) is 11.3 Å². The third-order valence-electron chi connectivity index (χ3n) is 3.87. The number of nitrogens with one attached hydrogen (secondary N) is 1. The molecule has 0 aliphatic carbocycles. The molecule has 0 fully saturated rings. The second kappa shape index (κ2) is 8.70. The molecule has 1 atom stereocenters. The minimum atomic E-state index is -0.981. The Kier molecular flexibility index (Phi) is 6.09. The van der Waals surface area contributed by atoms with Crippen molar-refractivity contribution in [2.24, 2.45) is 0 Å². The van der Waals surface area contributed by atoms with Crippen molar-refractivity contribution in [1.82, 2.24) is 0 Å². The molecule has 1 aromatic heterocycles. The van der Waals surface area contributed by atoms with E-state index in [0.717, 1.165) is 15.0 Å². The third kappa shape index (κ3) is 4.58. The molecule has 0 radical (unpaired) electrons. The van der Waals surface area contributed by atoms with E-state index in [4.69, 9.17) is 21.6 Å². The minimum absolute atomic E-state index is 0.466. The molecule has 28 heavy (non-hydrogen) atoms. The molecule has 1 N–H and O–H groups in total. The lowest BCUT2D eigenvalue weighted by molar-refractivity contribution is -0.148. The van der Waals surface area contributed by atoms with Crippen LogP contribution in [0.2, 0.25) is 5.02 Å². The smallest absolute Gasteiger partial charge is 0.331 e. The molecule has 0 bridgehead atoms. The van der Waals surface area contributed by atoms with Gasteiger partial charge in [-0.3, -0.25) is 4.79 Å².